The zero-order valence-corrected chi connectivity index (χ0v) is 24.0. The summed E-state index contributed by atoms with van der Waals surface area (Å²) in [6.07, 6.45) is 10.0. The Hall–Kier alpha value is -1.16. The Kier molecular flexibility index (Phi) is 19.2. The summed E-state index contributed by atoms with van der Waals surface area (Å²) >= 11 is 22.7. The summed E-state index contributed by atoms with van der Waals surface area (Å²) < 4.78 is 0. The molecule has 0 bridgehead atoms. The van der Waals surface area contributed by atoms with Gasteiger partial charge in [0.25, 0.3) is 0 Å². The minimum absolute atomic E-state index is 0. The Morgan fingerprint density at radius 3 is 1.78 bits per heavy atom. The molecule has 1 aliphatic carbocycles. The van der Waals surface area contributed by atoms with Crippen LogP contribution in [0.1, 0.15) is 42.5 Å². The summed E-state index contributed by atoms with van der Waals surface area (Å²) in [6, 6.07) is 5.00. The zero-order valence-electron chi connectivity index (χ0n) is 20.0. The van der Waals surface area contributed by atoms with Gasteiger partial charge in [-0.2, -0.15) is 6.20 Å². The van der Waals surface area contributed by atoms with Crippen molar-refractivity contribution in [3.05, 3.63) is 68.5 Å². The molecule has 1 aromatic carbocycles. The van der Waals surface area contributed by atoms with Crippen molar-refractivity contribution in [1.82, 2.24) is 0 Å². The van der Waals surface area contributed by atoms with Gasteiger partial charge in [-0.25, -0.2) is 4.79 Å². The van der Waals surface area contributed by atoms with Gasteiger partial charge in [0.15, 0.2) is 0 Å². The Balaban J connectivity index is 0.000000473. The molecule has 0 spiro atoms. The topological polar surface area (TPSA) is 155 Å². The molecule has 0 aromatic heterocycles. The third-order valence-corrected chi connectivity index (χ3v) is 6.93. The fraction of sp³-hybridized carbons (Fsp3) is 0.500. The first-order valence-electron chi connectivity index (χ1n) is 11.4. The van der Waals surface area contributed by atoms with E-state index in [1.54, 1.807) is 18.3 Å². The molecule has 1 saturated heterocycles. The van der Waals surface area contributed by atoms with E-state index in [4.69, 9.17) is 68.1 Å². The summed E-state index contributed by atoms with van der Waals surface area (Å²) in [4.78, 5) is 21.1. The number of carbonyl (C=O) groups is 2. The third kappa shape index (κ3) is 14.5. The first-order valence-corrected chi connectivity index (χ1v) is 13.0. The van der Waals surface area contributed by atoms with Crippen molar-refractivity contribution < 1.29 is 36.9 Å². The van der Waals surface area contributed by atoms with E-state index in [2.05, 4.69) is 10.6 Å². The summed E-state index contributed by atoms with van der Waals surface area (Å²) in [5.74, 6) is -2.54. The van der Waals surface area contributed by atoms with Gasteiger partial charge in [0.05, 0.1) is 21.5 Å². The van der Waals surface area contributed by atoms with E-state index in [-0.39, 0.29) is 43.4 Å². The second-order valence-electron chi connectivity index (χ2n) is 8.12. The van der Waals surface area contributed by atoms with Gasteiger partial charge >= 0.3 is 29.0 Å². The average Bonchev–Trinajstić information content (AvgIpc) is 2.81. The SMILES string of the molecule is NC1=CC[N-]C=C1.NC1CC[N-]CC1.O=C(O)C1C(Cl)CCCC1Cl.O=C(O)c1c(Cl)cccc1Cl.[Cu+2]. The number of rotatable bonds is 2. The fourth-order valence-electron chi connectivity index (χ4n) is 3.30. The molecule has 37 heavy (non-hydrogen) atoms. The summed E-state index contributed by atoms with van der Waals surface area (Å²) in [5, 5.41) is 25.1. The molecule has 2 fully saturated rings. The van der Waals surface area contributed by atoms with Crippen molar-refractivity contribution in [1.29, 1.82) is 0 Å². The molecule has 8 nitrogen and oxygen atoms in total. The number of nitrogens with zero attached hydrogens (tertiary/aromatic N) is 2. The molecule has 13 heteroatoms. The predicted octanol–water partition coefficient (Wildman–Crippen LogP) is 5.99. The number of aliphatic carboxylic acids is 1. The van der Waals surface area contributed by atoms with Crippen LogP contribution in [0.2, 0.25) is 10.0 Å². The van der Waals surface area contributed by atoms with Crippen LogP contribution in [0.25, 0.3) is 10.6 Å². The molecule has 1 radical (unpaired) electrons. The van der Waals surface area contributed by atoms with Crippen LogP contribution in [0.5, 0.6) is 0 Å². The Morgan fingerprint density at radius 1 is 0.973 bits per heavy atom. The molecule has 1 saturated carbocycles. The second-order valence-corrected chi connectivity index (χ2v) is 10.1. The van der Waals surface area contributed by atoms with Crippen LogP contribution in [0.4, 0.5) is 0 Å². The molecule has 1 aromatic rings. The molecular formula is C24H32Cl4CuN4O4. The Morgan fingerprint density at radius 2 is 1.51 bits per heavy atom. The van der Waals surface area contributed by atoms with Gasteiger partial charge in [0.1, 0.15) is 0 Å². The number of halogens is 4. The number of alkyl halides is 2. The van der Waals surface area contributed by atoms with Gasteiger partial charge in [0, 0.05) is 22.5 Å². The van der Waals surface area contributed by atoms with Crippen molar-refractivity contribution in [2.75, 3.05) is 19.6 Å². The zero-order chi connectivity index (χ0) is 27.1. The fourth-order valence-corrected chi connectivity index (χ4v) is 4.81. The van der Waals surface area contributed by atoms with Gasteiger partial charge in [0.2, 0.25) is 0 Å². The van der Waals surface area contributed by atoms with Gasteiger partial charge in [-0.3, -0.25) is 4.79 Å². The van der Waals surface area contributed by atoms with Crippen molar-refractivity contribution in [2.45, 2.75) is 48.9 Å². The standard InChI is InChI=1S/C7H10Cl2O2.C7H4Cl2O2.C5H11N2.C5H7N2.Cu/c2*8-4-2-1-3-5(9)6(4)7(10)11;2*6-5-1-3-7-4-2-5;/h4-6H,1-3H2,(H,10,11);1-3H,(H,10,11);5H,1-4,6H2;1-3H,4,6H2;/q;;2*-1;+2. The first kappa shape index (κ1) is 35.8. The summed E-state index contributed by atoms with van der Waals surface area (Å²) in [5.41, 5.74) is 11.7. The number of hydrogen-bond acceptors (Lipinski definition) is 4. The van der Waals surface area contributed by atoms with Crippen LogP contribution >= 0.6 is 46.4 Å². The van der Waals surface area contributed by atoms with Gasteiger partial charge in [-0.1, -0.05) is 60.7 Å². The van der Waals surface area contributed by atoms with E-state index < -0.39 is 17.9 Å². The van der Waals surface area contributed by atoms with Gasteiger partial charge < -0.3 is 32.3 Å². The number of carboxylic acids is 2. The molecule has 2 unspecified atom stereocenters. The van der Waals surface area contributed by atoms with Crippen LogP contribution < -0.4 is 11.5 Å². The number of benzene rings is 1. The van der Waals surface area contributed by atoms with Crippen LogP contribution in [0.3, 0.4) is 0 Å². The summed E-state index contributed by atoms with van der Waals surface area (Å²) in [6.45, 7) is 2.71. The summed E-state index contributed by atoms with van der Waals surface area (Å²) in [7, 11) is 0. The number of carboxylic acid groups (broad SMARTS) is 2. The molecule has 211 valence electrons. The van der Waals surface area contributed by atoms with Crippen LogP contribution in [0, 0.1) is 5.92 Å². The number of allylic oxidation sites excluding steroid dienone is 1. The minimum atomic E-state index is -1.11. The van der Waals surface area contributed by atoms with Crippen LogP contribution in [-0.2, 0) is 21.9 Å². The predicted molar refractivity (Wildman–Crippen MR) is 148 cm³/mol. The van der Waals surface area contributed by atoms with Crippen LogP contribution in [-0.4, -0.2) is 58.6 Å². The maximum atomic E-state index is 10.6. The average molecular weight is 646 g/mol. The second kappa shape index (κ2) is 19.8. The van der Waals surface area contributed by atoms with E-state index >= 15 is 0 Å². The molecule has 2 heterocycles. The number of piperidine rings is 1. The smallest absolute Gasteiger partial charge is 0.687 e. The maximum Gasteiger partial charge on any atom is 2.00 e. The molecule has 4 rings (SSSR count). The van der Waals surface area contributed by atoms with E-state index in [1.807, 2.05) is 6.08 Å². The van der Waals surface area contributed by atoms with Gasteiger partial charge in [-0.05, 0) is 25.0 Å². The van der Waals surface area contributed by atoms with Crippen molar-refractivity contribution >= 4 is 58.3 Å². The monoisotopic (exact) mass is 643 g/mol. The molecule has 0 amide bonds. The third-order valence-electron chi connectivity index (χ3n) is 5.32. The number of aromatic carboxylic acids is 1. The normalized spacial score (nSPS) is 22.5. The number of nitrogens with two attached hydrogens (primary N) is 2. The van der Waals surface area contributed by atoms with Crippen molar-refractivity contribution in [3.8, 4) is 0 Å². The molecular weight excluding hydrogens is 614 g/mol. The first-order chi connectivity index (χ1) is 17.0. The molecule has 6 N–H and O–H groups in total. The van der Waals surface area contributed by atoms with E-state index in [1.165, 1.54) is 12.1 Å². The van der Waals surface area contributed by atoms with Gasteiger partial charge in [-0.15, -0.1) is 42.8 Å². The molecule has 2 aliphatic heterocycles. The Bertz CT molecular complexity index is 871. The van der Waals surface area contributed by atoms with Crippen molar-refractivity contribution in [3.63, 3.8) is 0 Å². The molecule has 3 aliphatic rings. The van der Waals surface area contributed by atoms with Crippen molar-refractivity contribution in [2.24, 2.45) is 17.4 Å². The maximum absolute atomic E-state index is 10.6. The van der Waals surface area contributed by atoms with E-state index in [0.717, 1.165) is 57.4 Å². The minimum Gasteiger partial charge on any atom is -0.687 e. The van der Waals surface area contributed by atoms with Crippen LogP contribution in [0.15, 0.2) is 42.2 Å². The molecule has 2 atom stereocenters. The van der Waals surface area contributed by atoms with E-state index in [9.17, 15) is 9.59 Å². The number of hydrogen-bond donors (Lipinski definition) is 4. The van der Waals surface area contributed by atoms with E-state index in [0.29, 0.717) is 6.04 Å². The largest absolute Gasteiger partial charge is 2.00 e. The quantitative estimate of drug-likeness (QED) is 0.229. The Labute approximate surface area is 248 Å².